The Kier molecular flexibility index (Phi) is 6.02. The number of hydrogen-bond acceptors (Lipinski definition) is 3. The summed E-state index contributed by atoms with van der Waals surface area (Å²) in [7, 11) is 0. The first-order valence-corrected chi connectivity index (χ1v) is 8.94. The van der Waals surface area contributed by atoms with E-state index in [4.69, 9.17) is 0 Å². The highest BCUT2D eigenvalue weighted by atomic mass is 32.2. The molecule has 2 N–H and O–H groups in total. The number of carbonyl (C=O) groups excluding carboxylic acids is 1. The van der Waals surface area contributed by atoms with Crippen molar-refractivity contribution >= 4 is 17.7 Å². The molecule has 3 nitrogen and oxygen atoms in total. The summed E-state index contributed by atoms with van der Waals surface area (Å²) in [5.41, 5.74) is 0. The van der Waals surface area contributed by atoms with Crippen molar-refractivity contribution in [2.24, 2.45) is 5.92 Å². The van der Waals surface area contributed by atoms with E-state index >= 15 is 0 Å². The first kappa shape index (κ1) is 15.2. The summed E-state index contributed by atoms with van der Waals surface area (Å²) in [5, 5.41) is 7.33. The van der Waals surface area contributed by atoms with Gasteiger partial charge in [-0.3, -0.25) is 4.79 Å². The lowest BCUT2D eigenvalue weighted by Crippen LogP contribution is -2.52. The minimum absolute atomic E-state index is 0.0478. The highest BCUT2D eigenvalue weighted by Gasteiger charge is 2.32. The van der Waals surface area contributed by atoms with Gasteiger partial charge < -0.3 is 10.6 Å². The lowest BCUT2D eigenvalue weighted by molar-refractivity contribution is -0.124. The Morgan fingerprint density at radius 3 is 2.89 bits per heavy atom. The molecular weight excluding hydrogens is 256 g/mol. The van der Waals surface area contributed by atoms with Crippen molar-refractivity contribution in [1.29, 1.82) is 0 Å². The average Bonchev–Trinajstić information content (AvgIpc) is 2.86. The molecule has 0 aromatic rings. The number of nitrogens with one attached hydrogen (secondary N) is 2. The predicted octanol–water partition coefficient (Wildman–Crippen LogP) is 2.55. The maximum atomic E-state index is 12.4. The SMILES string of the molecule is CCSC1CCCC1NC(=O)C1CC(CC)CCN1. The molecular formula is C15H28N2OS. The zero-order valence-corrected chi connectivity index (χ0v) is 13.1. The van der Waals surface area contributed by atoms with Crippen LogP contribution in [0.5, 0.6) is 0 Å². The molecule has 4 atom stereocenters. The van der Waals surface area contributed by atoms with E-state index in [1.807, 2.05) is 11.8 Å². The molecule has 1 saturated heterocycles. The highest BCUT2D eigenvalue weighted by molar-refractivity contribution is 7.99. The van der Waals surface area contributed by atoms with E-state index in [9.17, 15) is 4.79 Å². The van der Waals surface area contributed by atoms with Gasteiger partial charge in [-0.05, 0) is 43.9 Å². The van der Waals surface area contributed by atoms with Crippen LogP contribution in [0.15, 0.2) is 0 Å². The number of rotatable bonds is 5. The van der Waals surface area contributed by atoms with Gasteiger partial charge >= 0.3 is 0 Å². The third-order valence-electron chi connectivity index (χ3n) is 4.57. The van der Waals surface area contributed by atoms with Crippen molar-refractivity contribution in [3.05, 3.63) is 0 Å². The Labute approximate surface area is 121 Å². The molecule has 110 valence electrons. The van der Waals surface area contributed by atoms with Crippen LogP contribution in [0.25, 0.3) is 0 Å². The molecule has 2 fully saturated rings. The number of amides is 1. The molecule has 2 rings (SSSR count). The summed E-state index contributed by atoms with van der Waals surface area (Å²) in [6.45, 7) is 5.43. The van der Waals surface area contributed by atoms with Gasteiger partial charge in [0.2, 0.25) is 5.91 Å². The molecule has 2 aliphatic rings. The largest absolute Gasteiger partial charge is 0.351 e. The minimum Gasteiger partial charge on any atom is -0.351 e. The number of hydrogen-bond donors (Lipinski definition) is 2. The molecule has 4 heteroatoms. The molecule has 0 bridgehead atoms. The van der Waals surface area contributed by atoms with Crippen LogP contribution in [0.4, 0.5) is 0 Å². The summed E-state index contributed by atoms with van der Waals surface area (Å²) in [4.78, 5) is 12.4. The standard InChI is InChI=1S/C15H28N2OS/c1-3-11-8-9-16-13(10-11)15(18)17-12-6-5-7-14(12)19-4-2/h11-14,16H,3-10H2,1-2H3,(H,17,18). The minimum atomic E-state index is 0.0478. The average molecular weight is 284 g/mol. The number of piperidine rings is 1. The summed E-state index contributed by atoms with van der Waals surface area (Å²) in [5.74, 6) is 2.12. The van der Waals surface area contributed by atoms with Crippen LogP contribution in [0, 0.1) is 5.92 Å². The van der Waals surface area contributed by atoms with E-state index in [1.54, 1.807) is 0 Å². The summed E-state index contributed by atoms with van der Waals surface area (Å²) >= 11 is 2.01. The zero-order valence-electron chi connectivity index (χ0n) is 12.3. The summed E-state index contributed by atoms with van der Waals surface area (Å²) in [6.07, 6.45) is 7.12. The fourth-order valence-corrected chi connectivity index (χ4v) is 4.55. The van der Waals surface area contributed by atoms with Crippen LogP contribution >= 0.6 is 11.8 Å². The topological polar surface area (TPSA) is 41.1 Å². The lowest BCUT2D eigenvalue weighted by atomic mass is 9.90. The summed E-state index contributed by atoms with van der Waals surface area (Å²) in [6, 6.07) is 0.452. The molecule has 1 heterocycles. The second kappa shape index (κ2) is 7.53. The van der Waals surface area contributed by atoms with Gasteiger partial charge in [-0.25, -0.2) is 0 Å². The van der Waals surface area contributed by atoms with Crippen LogP contribution in [0.1, 0.15) is 52.4 Å². The van der Waals surface area contributed by atoms with E-state index in [-0.39, 0.29) is 11.9 Å². The highest BCUT2D eigenvalue weighted by Crippen LogP contribution is 2.30. The van der Waals surface area contributed by atoms with Gasteiger partial charge in [0.25, 0.3) is 0 Å². The summed E-state index contributed by atoms with van der Waals surface area (Å²) < 4.78 is 0. The zero-order chi connectivity index (χ0) is 13.7. The van der Waals surface area contributed by atoms with Gasteiger partial charge in [0.05, 0.1) is 6.04 Å². The predicted molar refractivity (Wildman–Crippen MR) is 82.5 cm³/mol. The van der Waals surface area contributed by atoms with Crippen molar-refractivity contribution in [2.75, 3.05) is 12.3 Å². The van der Waals surface area contributed by atoms with Crippen molar-refractivity contribution in [1.82, 2.24) is 10.6 Å². The van der Waals surface area contributed by atoms with Gasteiger partial charge in [0, 0.05) is 11.3 Å². The fourth-order valence-electron chi connectivity index (χ4n) is 3.35. The van der Waals surface area contributed by atoms with Crippen LogP contribution in [-0.2, 0) is 4.79 Å². The second-order valence-electron chi connectivity index (χ2n) is 5.85. The molecule has 0 aromatic carbocycles. The van der Waals surface area contributed by atoms with Gasteiger partial charge in [-0.1, -0.05) is 26.7 Å². The van der Waals surface area contributed by atoms with E-state index in [1.165, 1.54) is 25.7 Å². The Morgan fingerprint density at radius 2 is 2.16 bits per heavy atom. The van der Waals surface area contributed by atoms with Crippen LogP contribution in [0.3, 0.4) is 0 Å². The van der Waals surface area contributed by atoms with Crippen LogP contribution < -0.4 is 10.6 Å². The fraction of sp³-hybridized carbons (Fsp3) is 0.933. The lowest BCUT2D eigenvalue weighted by Gasteiger charge is -2.30. The van der Waals surface area contributed by atoms with Crippen molar-refractivity contribution in [2.45, 2.75) is 69.7 Å². The molecule has 0 radical (unpaired) electrons. The van der Waals surface area contributed by atoms with Crippen molar-refractivity contribution in [3.63, 3.8) is 0 Å². The Hall–Kier alpha value is -0.220. The first-order valence-electron chi connectivity index (χ1n) is 7.90. The van der Waals surface area contributed by atoms with E-state index in [2.05, 4.69) is 24.5 Å². The maximum Gasteiger partial charge on any atom is 0.237 e. The molecule has 1 aliphatic carbocycles. The molecule has 4 unspecified atom stereocenters. The molecule has 1 aliphatic heterocycles. The third-order valence-corrected chi connectivity index (χ3v) is 5.89. The van der Waals surface area contributed by atoms with E-state index in [0.717, 1.165) is 31.1 Å². The molecule has 0 spiro atoms. The monoisotopic (exact) mass is 284 g/mol. The molecule has 1 amide bonds. The Morgan fingerprint density at radius 1 is 1.32 bits per heavy atom. The van der Waals surface area contributed by atoms with Crippen molar-refractivity contribution < 1.29 is 4.79 Å². The smallest absolute Gasteiger partial charge is 0.237 e. The first-order chi connectivity index (χ1) is 9.24. The van der Waals surface area contributed by atoms with Gasteiger partial charge in [-0.15, -0.1) is 0 Å². The van der Waals surface area contributed by atoms with Crippen LogP contribution in [0.2, 0.25) is 0 Å². The normalized spacial score (nSPS) is 35.3. The Bertz CT molecular complexity index is 298. The number of thioether (sulfide) groups is 1. The van der Waals surface area contributed by atoms with E-state index in [0.29, 0.717) is 11.3 Å². The van der Waals surface area contributed by atoms with Crippen molar-refractivity contribution in [3.8, 4) is 0 Å². The molecule has 1 saturated carbocycles. The maximum absolute atomic E-state index is 12.4. The van der Waals surface area contributed by atoms with Crippen LogP contribution in [-0.4, -0.2) is 35.5 Å². The number of carbonyl (C=O) groups is 1. The quantitative estimate of drug-likeness (QED) is 0.815. The molecule has 0 aromatic heterocycles. The van der Waals surface area contributed by atoms with Gasteiger partial charge in [-0.2, -0.15) is 11.8 Å². The second-order valence-corrected chi connectivity index (χ2v) is 7.36. The third kappa shape index (κ3) is 4.12. The molecule has 19 heavy (non-hydrogen) atoms. The van der Waals surface area contributed by atoms with Gasteiger partial charge in [0.15, 0.2) is 0 Å². The van der Waals surface area contributed by atoms with Gasteiger partial charge in [0.1, 0.15) is 0 Å². The van der Waals surface area contributed by atoms with E-state index < -0.39 is 0 Å². The Balaban J connectivity index is 1.82.